The highest BCUT2D eigenvalue weighted by molar-refractivity contribution is 5.64. The molecule has 2 aromatic heterocycles. The zero-order valence-corrected chi connectivity index (χ0v) is 17.4. The number of nitrogens with zero attached hydrogens (tertiary/aromatic N) is 6. The second-order valence-corrected chi connectivity index (χ2v) is 7.37. The van der Waals surface area contributed by atoms with Crippen LogP contribution in [0.3, 0.4) is 0 Å². The van der Waals surface area contributed by atoms with E-state index in [0.717, 1.165) is 60.5 Å². The lowest BCUT2D eigenvalue weighted by Gasteiger charge is -2.33. The third kappa shape index (κ3) is 4.75. The van der Waals surface area contributed by atoms with E-state index in [4.69, 9.17) is 0 Å². The minimum absolute atomic E-state index is 0.680. The van der Waals surface area contributed by atoms with Crippen molar-refractivity contribution in [2.75, 3.05) is 45.2 Å². The van der Waals surface area contributed by atoms with E-state index in [1.54, 1.807) is 6.08 Å². The highest BCUT2D eigenvalue weighted by Crippen LogP contribution is 2.22. The zero-order valence-electron chi connectivity index (χ0n) is 17.4. The number of aromatic nitrogens is 3. The Morgan fingerprint density at radius 2 is 1.96 bits per heavy atom. The molecule has 0 amide bonds. The van der Waals surface area contributed by atoms with Crippen molar-refractivity contribution in [2.45, 2.75) is 20.4 Å². The topological polar surface area (TPSA) is 48.4 Å². The number of piperazine rings is 1. The molecule has 6 nitrogen and oxygen atoms in total. The summed E-state index contributed by atoms with van der Waals surface area (Å²) in [6.45, 7) is 12.7. The Hall–Kier alpha value is -2.73. The summed E-state index contributed by atoms with van der Waals surface area (Å²) in [5.74, 6) is 1.83. The van der Waals surface area contributed by atoms with Crippen LogP contribution in [0, 0.1) is 13.8 Å². The van der Waals surface area contributed by atoms with Crippen LogP contribution in [0.2, 0.25) is 0 Å². The van der Waals surface area contributed by atoms with Gasteiger partial charge in [-0.1, -0.05) is 18.7 Å². The van der Waals surface area contributed by atoms with Crippen molar-refractivity contribution in [2.24, 2.45) is 0 Å². The van der Waals surface area contributed by atoms with Crippen molar-refractivity contribution < 1.29 is 0 Å². The van der Waals surface area contributed by atoms with Gasteiger partial charge in [-0.3, -0.25) is 4.98 Å². The van der Waals surface area contributed by atoms with E-state index < -0.39 is 0 Å². The molecule has 0 aliphatic carbocycles. The van der Waals surface area contributed by atoms with Gasteiger partial charge in [-0.15, -0.1) is 0 Å². The molecule has 0 unspecified atom stereocenters. The van der Waals surface area contributed by atoms with Crippen LogP contribution in [0.5, 0.6) is 0 Å². The standard InChI is InChI=1S/C22H30N6/c1-6-8-20(22-17(2)9-7-10-23-22)27(5)16-19-15-21(25-18(3)24-19)28-13-11-26(4)12-14-28/h6-10,15H,1,11-14,16H2,2-5H3/b20-8+. The van der Waals surface area contributed by atoms with Gasteiger partial charge in [0.15, 0.2) is 0 Å². The SMILES string of the molecule is C=C/C=C(\c1ncccc1C)N(C)Cc1cc(N2CCN(C)CC2)nc(C)n1. The van der Waals surface area contributed by atoms with Gasteiger partial charge in [0.25, 0.3) is 0 Å². The predicted molar refractivity (Wildman–Crippen MR) is 115 cm³/mol. The maximum Gasteiger partial charge on any atom is 0.132 e. The molecule has 1 aliphatic rings. The Labute approximate surface area is 168 Å². The highest BCUT2D eigenvalue weighted by atomic mass is 15.3. The number of rotatable bonds is 6. The van der Waals surface area contributed by atoms with Gasteiger partial charge < -0.3 is 14.7 Å². The van der Waals surface area contributed by atoms with Crippen LogP contribution in [-0.4, -0.2) is 65.0 Å². The number of aryl methyl sites for hydroxylation is 2. The first-order valence-corrected chi connectivity index (χ1v) is 9.72. The number of allylic oxidation sites excluding steroid dienone is 2. The first kappa shape index (κ1) is 20.0. The van der Waals surface area contributed by atoms with Gasteiger partial charge in [0, 0.05) is 45.5 Å². The third-order valence-corrected chi connectivity index (χ3v) is 5.04. The lowest BCUT2D eigenvalue weighted by Crippen LogP contribution is -2.45. The van der Waals surface area contributed by atoms with Crippen molar-refractivity contribution in [3.8, 4) is 0 Å². The van der Waals surface area contributed by atoms with Gasteiger partial charge in [0.05, 0.1) is 23.6 Å². The summed E-state index contributed by atoms with van der Waals surface area (Å²) in [5, 5.41) is 0. The van der Waals surface area contributed by atoms with E-state index in [-0.39, 0.29) is 0 Å². The van der Waals surface area contributed by atoms with Gasteiger partial charge in [0.1, 0.15) is 11.6 Å². The lowest BCUT2D eigenvalue weighted by molar-refractivity contribution is 0.312. The van der Waals surface area contributed by atoms with E-state index >= 15 is 0 Å². The minimum Gasteiger partial charge on any atom is -0.367 e. The minimum atomic E-state index is 0.680. The zero-order chi connectivity index (χ0) is 20.1. The molecular formula is C22H30N6. The molecule has 1 fully saturated rings. The lowest BCUT2D eigenvalue weighted by atomic mass is 10.1. The fourth-order valence-corrected chi connectivity index (χ4v) is 3.47. The Balaban J connectivity index is 1.83. The first-order valence-electron chi connectivity index (χ1n) is 9.72. The summed E-state index contributed by atoms with van der Waals surface area (Å²) >= 11 is 0. The number of hydrogen-bond acceptors (Lipinski definition) is 6. The normalized spacial score (nSPS) is 15.6. The number of pyridine rings is 1. The first-order chi connectivity index (χ1) is 13.5. The van der Waals surface area contributed by atoms with Crippen molar-refractivity contribution in [3.05, 3.63) is 65.9 Å². The molecule has 148 valence electrons. The van der Waals surface area contributed by atoms with Crippen molar-refractivity contribution in [3.63, 3.8) is 0 Å². The Morgan fingerprint density at radius 3 is 2.64 bits per heavy atom. The van der Waals surface area contributed by atoms with E-state index in [1.807, 2.05) is 25.3 Å². The maximum atomic E-state index is 4.68. The largest absolute Gasteiger partial charge is 0.367 e. The second-order valence-electron chi connectivity index (χ2n) is 7.37. The van der Waals surface area contributed by atoms with Gasteiger partial charge in [-0.2, -0.15) is 0 Å². The molecule has 2 aromatic rings. The molecule has 28 heavy (non-hydrogen) atoms. The fraction of sp³-hybridized carbons (Fsp3) is 0.409. The molecule has 1 saturated heterocycles. The van der Waals surface area contributed by atoms with Gasteiger partial charge in [-0.25, -0.2) is 9.97 Å². The monoisotopic (exact) mass is 378 g/mol. The average molecular weight is 379 g/mol. The number of anilines is 1. The molecule has 0 radical (unpaired) electrons. The highest BCUT2D eigenvalue weighted by Gasteiger charge is 2.18. The van der Waals surface area contributed by atoms with Crippen LogP contribution >= 0.6 is 0 Å². The van der Waals surface area contributed by atoms with E-state index in [9.17, 15) is 0 Å². The Morgan fingerprint density at radius 1 is 1.21 bits per heavy atom. The average Bonchev–Trinajstić information content (AvgIpc) is 2.67. The maximum absolute atomic E-state index is 4.68. The summed E-state index contributed by atoms with van der Waals surface area (Å²) in [6, 6.07) is 6.15. The van der Waals surface area contributed by atoms with Crippen molar-refractivity contribution in [1.29, 1.82) is 0 Å². The Bertz CT molecular complexity index is 852. The molecule has 3 heterocycles. The van der Waals surface area contributed by atoms with Crippen LogP contribution < -0.4 is 4.90 Å². The van der Waals surface area contributed by atoms with Gasteiger partial charge >= 0.3 is 0 Å². The molecule has 3 rings (SSSR count). The number of hydrogen-bond donors (Lipinski definition) is 0. The molecule has 1 aliphatic heterocycles. The molecule has 0 N–H and O–H groups in total. The third-order valence-electron chi connectivity index (χ3n) is 5.04. The van der Waals surface area contributed by atoms with Crippen LogP contribution in [0.25, 0.3) is 5.70 Å². The quantitative estimate of drug-likeness (QED) is 0.721. The van der Waals surface area contributed by atoms with Gasteiger partial charge in [0.2, 0.25) is 0 Å². The van der Waals surface area contributed by atoms with Crippen LogP contribution in [0.15, 0.2) is 43.1 Å². The van der Waals surface area contributed by atoms with Gasteiger partial charge in [-0.05, 0) is 38.6 Å². The molecule has 0 aromatic carbocycles. The summed E-state index contributed by atoms with van der Waals surface area (Å²) in [4.78, 5) is 20.8. The predicted octanol–water partition coefficient (Wildman–Crippen LogP) is 2.90. The molecular weight excluding hydrogens is 348 g/mol. The number of likely N-dealkylation sites (N-methyl/N-ethyl adjacent to an activating group) is 1. The van der Waals surface area contributed by atoms with Crippen LogP contribution in [-0.2, 0) is 6.54 Å². The fourth-order valence-electron chi connectivity index (χ4n) is 3.47. The van der Waals surface area contributed by atoms with Crippen molar-refractivity contribution in [1.82, 2.24) is 24.8 Å². The van der Waals surface area contributed by atoms with Crippen molar-refractivity contribution >= 4 is 11.5 Å². The molecule has 0 atom stereocenters. The Kier molecular flexibility index (Phi) is 6.41. The van der Waals surface area contributed by atoms with E-state index in [2.05, 4.69) is 69.4 Å². The van der Waals surface area contributed by atoms with Crippen LogP contribution in [0.4, 0.5) is 5.82 Å². The molecule has 0 bridgehead atoms. The summed E-state index contributed by atoms with van der Waals surface area (Å²) in [7, 11) is 4.23. The summed E-state index contributed by atoms with van der Waals surface area (Å²) in [5.41, 5.74) is 4.15. The molecule has 6 heteroatoms. The van der Waals surface area contributed by atoms with E-state index in [0.29, 0.717) is 6.54 Å². The van der Waals surface area contributed by atoms with E-state index in [1.165, 1.54) is 0 Å². The molecule has 0 saturated carbocycles. The van der Waals surface area contributed by atoms with Crippen LogP contribution in [0.1, 0.15) is 22.8 Å². The second kappa shape index (κ2) is 8.97. The summed E-state index contributed by atoms with van der Waals surface area (Å²) < 4.78 is 0. The smallest absolute Gasteiger partial charge is 0.132 e. The summed E-state index contributed by atoms with van der Waals surface area (Å²) in [6.07, 6.45) is 5.64. The molecule has 0 spiro atoms.